The molecular weight excluding hydrogens is 396 g/mol. The second kappa shape index (κ2) is 8.09. The molecule has 0 saturated carbocycles. The van der Waals surface area contributed by atoms with E-state index in [-0.39, 0.29) is 10.8 Å². The molecule has 0 fully saturated rings. The van der Waals surface area contributed by atoms with E-state index in [0.717, 1.165) is 17.7 Å². The van der Waals surface area contributed by atoms with Crippen molar-refractivity contribution in [2.45, 2.75) is 64.8 Å². The maximum Gasteiger partial charge on any atom is 0.335 e. The first-order valence-electron chi connectivity index (χ1n) is 11.2. The summed E-state index contributed by atoms with van der Waals surface area (Å²) in [6.07, 6.45) is 10.5. The molecule has 0 spiro atoms. The number of benzene rings is 2. The second-order valence-electron chi connectivity index (χ2n) is 10.3. The van der Waals surface area contributed by atoms with Crippen LogP contribution in [0, 0.1) is 6.92 Å². The largest absolute Gasteiger partial charge is 0.478 e. The van der Waals surface area contributed by atoms with E-state index in [9.17, 15) is 4.79 Å². The Morgan fingerprint density at radius 1 is 1.03 bits per heavy atom. The summed E-state index contributed by atoms with van der Waals surface area (Å²) in [5.74, 6) is -0.906. The Labute approximate surface area is 190 Å². The quantitative estimate of drug-likeness (QED) is 0.475. The Morgan fingerprint density at radius 3 is 2.22 bits per heavy atom. The minimum atomic E-state index is -0.906. The molecular formula is C28H32N2O2. The molecule has 0 aliphatic heterocycles. The van der Waals surface area contributed by atoms with Crippen molar-refractivity contribution in [3.05, 3.63) is 87.7 Å². The van der Waals surface area contributed by atoms with Gasteiger partial charge in [0.05, 0.1) is 18.3 Å². The zero-order chi connectivity index (χ0) is 23.1. The number of hydrogen-bond donors (Lipinski definition) is 1. The van der Waals surface area contributed by atoms with E-state index in [4.69, 9.17) is 5.11 Å². The lowest BCUT2D eigenvalue weighted by Gasteiger charge is -2.42. The number of rotatable bonds is 5. The molecule has 1 N–H and O–H groups in total. The van der Waals surface area contributed by atoms with E-state index in [1.54, 1.807) is 12.1 Å². The lowest BCUT2D eigenvalue weighted by molar-refractivity contribution is 0.0697. The van der Waals surface area contributed by atoms with Crippen molar-refractivity contribution in [3.8, 4) is 0 Å². The van der Waals surface area contributed by atoms with E-state index >= 15 is 0 Å². The summed E-state index contributed by atoms with van der Waals surface area (Å²) in [5, 5.41) is 13.7. The lowest BCUT2D eigenvalue weighted by Crippen LogP contribution is -2.34. The van der Waals surface area contributed by atoms with Crippen molar-refractivity contribution in [3.63, 3.8) is 0 Å². The summed E-state index contributed by atoms with van der Waals surface area (Å²) >= 11 is 0. The number of aryl methyl sites for hydroxylation is 1. The Balaban J connectivity index is 1.79. The van der Waals surface area contributed by atoms with Crippen LogP contribution in [0.1, 0.15) is 84.3 Å². The third-order valence-electron chi connectivity index (χ3n) is 6.82. The number of nitrogens with zero attached hydrogens (tertiary/aromatic N) is 2. The average Bonchev–Trinajstić information content (AvgIpc) is 3.15. The Kier molecular flexibility index (Phi) is 5.58. The van der Waals surface area contributed by atoms with Crippen LogP contribution in [0.4, 0.5) is 0 Å². The van der Waals surface area contributed by atoms with Crippen LogP contribution < -0.4 is 0 Å². The monoisotopic (exact) mass is 428 g/mol. The van der Waals surface area contributed by atoms with Crippen LogP contribution in [0.3, 0.4) is 0 Å². The molecule has 4 nitrogen and oxygen atoms in total. The molecule has 3 aromatic rings. The average molecular weight is 429 g/mol. The van der Waals surface area contributed by atoms with Crippen LogP contribution in [0.5, 0.6) is 0 Å². The van der Waals surface area contributed by atoms with Gasteiger partial charge in [0.1, 0.15) is 0 Å². The van der Waals surface area contributed by atoms with Gasteiger partial charge < -0.3 is 5.11 Å². The van der Waals surface area contributed by atoms with Gasteiger partial charge in [-0.05, 0) is 76.1 Å². The first-order valence-corrected chi connectivity index (χ1v) is 11.2. The van der Waals surface area contributed by atoms with Gasteiger partial charge >= 0.3 is 5.97 Å². The number of fused-ring (bicyclic) bond motifs is 1. The summed E-state index contributed by atoms with van der Waals surface area (Å²) in [5.41, 5.74) is 8.01. The van der Waals surface area contributed by atoms with Gasteiger partial charge in [-0.15, -0.1) is 0 Å². The topological polar surface area (TPSA) is 55.1 Å². The number of hydrogen-bond acceptors (Lipinski definition) is 2. The van der Waals surface area contributed by atoms with Gasteiger partial charge in [0.25, 0.3) is 0 Å². The second-order valence-corrected chi connectivity index (χ2v) is 10.3. The number of carboxylic acids is 1. The van der Waals surface area contributed by atoms with Crippen LogP contribution in [-0.4, -0.2) is 20.9 Å². The van der Waals surface area contributed by atoms with Crippen LogP contribution in [0.15, 0.2) is 48.8 Å². The number of aromatic carboxylic acids is 1. The minimum absolute atomic E-state index is 0.136. The minimum Gasteiger partial charge on any atom is -0.478 e. The molecule has 32 heavy (non-hydrogen) atoms. The molecule has 166 valence electrons. The summed E-state index contributed by atoms with van der Waals surface area (Å²) < 4.78 is 2.00. The van der Waals surface area contributed by atoms with E-state index in [1.165, 1.54) is 35.1 Å². The summed E-state index contributed by atoms with van der Waals surface area (Å²) in [6.45, 7) is 12.2. The third-order valence-corrected chi connectivity index (χ3v) is 6.82. The molecule has 4 rings (SSSR count). The van der Waals surface area contributed by atoms with Gasteiger partial charge in [0, 0.05) is 6.20 Å². The molecule has 1 heterocycles. The van der Waals surface area contributed by atoms with Crippen LogP contribution >= 0.6 is 0 Å². The van der Waals surface area contributed by atoms with Crippen molar-refractivity contribution >= 4 is 18.1 Å². The molecule has 0 radical (unpaired) electrons. The zero-order valence-electron chi connectivity index (χ0n) is 19.6. The Morgan fingerprint density at radius 2 is 1.66 bits per heavy atom. The molecule has 0 bridgehead atoms. The zero-order valence-corrected chi connectivity index (χ0v) is 19.6. The third kappa shape index (κ3) is 4.40. The predicted octanol–water partition coefficient (Wildman–Crippen LogP) is 6.46. The SMILES string of the molecule is Cc1cnn(Cc2cc3c(cc2/C=C/c2ccc(C(=O)O)cc2)C(C)(C)CCC3(C)C)c1. The van der Waals surface area contributed by atoms with Crippen LogP contribution in [-0.2, 0) is 17.4 Å². The van der Waals surface area contributed by atoms with E-state index in [0.29, 0.717) is 5.56 Å². The maximum atomic E-state index is 11.1. The number of carbonyl (C=O) groups is 1. The van der Waals surface area contributed by atoms with Crippen molar-refractivity contribution < 1.29 is 9.90 Å². The van der Waals surface area contributed by atoms with Crippen LogP contribution in [0.25, 0.3) is 12.2 Å². The highest BCUT2D eigenvalue weighted by atomic mass is 16.4. The number of carboxylic acid groups (broad SMARTS) is 1. The van der Waals surface area contributed by atoms with Crippen molar-refractivity contribution in [1.29, 1.82) is 0 Å². The molecule has 0 amide bonds. The summed E-state index contributed by atoms with van der Waals surface area (Å²) in [6, 6.07) is 11.7. The Hall–Kier alpha value is -3.14. The van der Waals surface area contributed by atoms with Crippen LogP contribution in [0.2, 0.25) is 0 Å². The molecule has 1 aromatic heterocycles. The Bertz CT molecular complexity index is 1180. The van der Waals surface area contributed by atoms with E-state index < -0.39 is 5.97 Å². The highest BCUT2D eigenvalue weighted by Gasteiger charge is 2.37. The molecule has 1 aliphatic carbocycles. The molecule has 2 aromatic carbocycles. The highest BCUT2D eigenvalue weighted by molar-refractivity contribution is 5.88. The van der Waals surface area contributed by atoms with Gasteiger partial charge in [-0.25, -0.2) is 4.79 Å². The van der Waals surface area contributed by atoms with Crippen molar-refractivity contribution in [1.82, 2.24) is 9.78 Å². The molecule has 0 atom stereocenters. The first kappa shape index (κ1) is 22.1. The normalized spacial score (nSPS) is 16.8. The summed E-state index contributed by atoms with van der Waals surface area (Å²) in [7, 11) is 0. The van der Waals surface area contributed by atoms with Gasteiger partial charge in [0.15, 0.2) is 0 Å². The van der Waals surface area contributed by atoms with Gasteiger partial charge in [-0.1, -0.05) is 64.1 Å². The van der Waals surface area contributed by atoms with E-state index in [1.807, 2.05) is 23.0 Å². The predicted molar refractivity (Wildman–Crippen MR) is 130 cm³/mol. The van der Waals surface area contributed by atoms with Crippen molar-refractivity contribution in [2.75, 3.05) is 0 Å². The van der Waals surface area contributed by atoms with Gasteiger partial charge in [-0.3, -0.25) is 4.68 Å². The molecule has 4 heteroatoms. The fourth-order valence-electron chi connectivity index (χ4n) is 4.62. The smallest absolute Gasteiger partial charge is 0.335 e. The van der Waals surface area contributed by atoms with Gasteiger partial charge in [0.2, 0.25) is 0 Å². The van der Waals surface area contributed by atoms with Crippen molar-refractivity contribution in [2.24, 2.45) is 0 Å². The fourth-order valence-corrected chi connectivity index (χ4v) is 4.62. The highest BCUT2D eigenvalue weighted by Crippen LogP contribution is 2.46. The maximum absolute atomic E-state index is 11.1. The summed E-state index contributed by atoms with van der Waals surface area (Å²) in [4.78, 5) is 11.1. The number of aromatic nitrogens is 2. The molecule has 1 aliphatic rings. The first-order chi connectivity index (χ1) is 15.0. The fraction of sp³-hybridized carbons (Fsp3) is 0.357. The van der Waals surface area contributed by atoms with E-state index in [2.05, 4.69) is 70.2 Å². The molecule has 0 unspecified atom stereocenters. The molecule has 0 saturated heterocycles. The standard InChI is InChI=1S/C28H32N2O2/c1-19-16-29-30(17-19)18-23-15-25-24(27(2,3)12-13-28(25,4)5)14-22(23)11-8-20-6-9-21(10-7-20)26(31)32/h6-11,14-17H,12-13,18H2,1-5H3,(H,31,32)/b11-8+. The lowest BCUT2D eigenvalue weighted by atomic mass is 9.62. The van der Waals surface area contributed by atoms with Gasteiger partial charge in [-0.2, -0.15) is 5.10 Å².